The van der Waals surface area contributed by atoms with E-state index in [1.54, 1.807) is 36.7 Å². The van der Waals surface area contributed by atoms with Gasteiger partial charge in [-0.1, -0.05) is 12.1 Å². The summed E-state index contributed by atoms with van der Waals surface area (Å²) in [6, 6.07) is 12.7. The molecule has 0 aromatic heterocycles. The van der Waals surface area contributed by atoms with E-state index in [1.807, 2.05) is 18.2 Å². The van der Waals surface area contributed by atoms with Crippen LogP contribution in [0.1, 0.15) is 25.0 Å². The number of phenolic OH excluding ortho intramolecular Hbond substituents is 2. The van der Waals surface area contributed by atoms with Crippen molar-refractivity contribution in [1.82, 2.24) is 0 Å². The van der Waals surface area contributed by atoms with Crippen LogP contribution in [0.2, 0.25) is 0 Å². The molecule has 0 spiro atoms. The first kappa shape index (κ1) is 18.5. The minimum Gasteiger partial charge on any atom is -0.507 e. The van der Waals surface area contributed by atoms with Gasteiger partial charge in [0.25, 0.3) is 0 Å². The van der Waals surface area contributed by atoms with Crippen LogP contribution in [0.15, 0.2) is 52.4 Å². The third-order valence-corrected chi connectivity index (χ3v) is 3.90. The Balaban J connectivity index is 1.89. The van der Waals surface area contributed by atoms with Crippen LogP contribution in [-0.2, 0) is 0 Å². The lowest BCUT2D eigenvalue weighted by Gasteiger charge is -2.21. The van der Waals surface area contributed by atoms with Crippen molar-refractivity contribution in [3.8, 4) is 11.5 Å². The molecule has 0 fully saturated rings. The third kappa shape index (κ3) is 5.35. The Morgan fingerprint density at radius 2 is 1.44 bits per heavy atom. The molecule has 0 saturated carbocycles. The molecule has 0 amide bonds. The van der Waals surface area contributed by atoms with Gasteiger partial charge in [-0.15, -0.1) is 0 Å². The summed E-state index contributed by atoms with van der Waals surface area (Å²) in [5.41, 5.74) is 2.39. The van der Waals surface area contributed by atoms with Gasteiger partial charge in [0, 0.05) is 48.4 Å². The maximum absolute atomic E-state index is 10.1. The number of phenols is 2. The Morgan fingerprint density at radius 1 is 0.840 bits per heavy atom. The number of aliphatic imine (C=N–C) groups is 2. The van der Waals surface area contributed by atoms with E-state index in [0.717, 1.165) is 18.8 Å². The zero-order chi connectivity index (χ0) is 18.1. The van der Waals surface area contributed by atoms with Gasteiger partial charge in [0.05, 0.1) is 13.1 Å². The second-order valence-corrected chi connectivity index (χ2v) is 5.54. The molecular formula is C20H25N3O2. The van der Waals surface area contributed by atoms with Crippen molar-refractivity contribution in [2.45, 2.75) is 13.8 Å². The van der Waals surface area contributed by atoms with Crippen molar-refractivity contribution >= 4 is 18.1 Å². The summed E-state index contributed by atoms with van der Waals surface area (Å²) in [6.45, 7) is 7.01. The fraction of sp³-hybridized carbons (Fsp3) is 0.300. The lowest BCUT2D eigenvalue weighted by atomic mass is 10.2. The van der Waals surface area contributed by atoms with E-state index >= 15 is 0 Å². The summed E-state index contributed by atoms with van der Waals surface area (Å²) >= 11 is 0. The van der Waals surface area contributed by atoms with Crippen LogP contribution < -0.4 is 4.90 Å². The van der Waals surface area contributed by atoms with Crippen LogP contribution >= 0.6 is 0 Å². The molecule has 132 valence electrons. The number of nitrogens with zero attached hydrogens (tertiary/aromatic N) is 3. The average molecular weight is 339 g/mol. The minimum absolute atomic E-state index is 0.216. The quantitative estimate of drug-likeness (QED) is 0.571. The summed E-state index contributed by atoms with van der Waals surface area (Å²) in [5.74, 6) is 0.443. The van der Waals surface area contributed by atoms with E-state index < -0.39 is 0 Å². The molecule has 5 heteroatoms. The molecule has 0 bridgehead atoms. The van der Waals surface area contributed by atoms with Crippen molar-refractivity contribution in [2.75, 3.05) is 31.1 Å². The Bertz CT molecular complexity index is 737. The fourth-order valence-electron chi connectivity index (χ4n) is 2.46. The molecule has 0 atom stereocenters. The standard InChI is InChI=1S/C20H25N3O2/c1-3-23(4-2)18-10-9-17(20(25)13-18)15-22-12-11-21-14-16-7-5-6-8-19(16)24/h5-10,13-15,24-25H,3-4,11-12H2,1-2H3. The molecule has 2 aromatic carbocycles. The van der Waals surface area contributed by atoms with Crippen molar-refractivity contribution in [2.24, 2.45) is 9.98 Å². The Morgan fingerprint density at radius 3 is 2.00 bits per heavy atom. The average Bonchev–Trinajstić information content (AvgIpc) is 2.62. The van der Waals surface area contributed by atoms with Crippen LogP contribution in [0.5, 0.6) is 11.5 Å². The number of anilines is 1. The molecule has 2 rings (SSSR count). The smallest absolute Gasteiger partial charge is 0.126 e. The molecule has 0 aliphatic heterocycles. The topological polar surface area (TPSA) is 68.4 Å². The summed E-state index contributed by atoms with van der Waals surface area (Å²) in [7, 11) is 0. The van der Waals surface area contributed by atoms with Gasteiger partial charge < -0.3 is 15.1 Å². The molecule has 5 nitrogen and oxygen atoms in total. The van der Waals surface area contributed by atoms with Gasteiger partial charge in [0.1, 0.15) is 11.5 Å². The van der Waals surface area contributed by atoms with E-state index in [-0.39, 0.29) is 11.5 Å². The lowest BCUT2D eigenvalue weighted by molar-refractivity contribution is 0.474. The monoisotopic (exact) mass is 339 g/mol. The van der Waals surface area contributed by atoms with Gasteiger partial charge in [-0.3, -0.25) is 9.98 Å². The van der Waals surface area contributed by atoms with E-state index in [0.29, 0.717) is 24.2 Å². The van der Waals surface area contributed by atoms with Crippen LogP contribution in [0.4, 0.5) is 5.69 Å². The number of benzene rings is 2. The van der Waals surface area contributed by atoms with E-state index in [9.17, 15) is 10.2 Å². The van der Waals surface area contributed by atoms with E-state index in [2.05, 4.69) is 28.7 Å². The predicted octanol–water partition coefficient (Wildman–Crippen LogP) is 3.48. The van der Waals surface area contributed by atoms with Gasteiger partial charge in [-0.25, -0.2) is 0 Å². The first-order valence-corrected chi connectivity index (χ1v) is 8.51. The van der Waals surface area contributed by atoms with Crippen LogP contribution in [0, 0.1) is 0 Å². The second-order valence-electron chi connectivity index (χ2n) is 5.54. The second kappa shape index (κ2) is 9.47. The Hall–Kier alpha value is -2.82. The zero-order valence-corrected chi connectivity index (χ0v) is 14.8. The maximum atomic E-state index is 10.1. The molecule has 0 unspecified atom stereocenters. The molecule has 0 radical (unpaired) electrons. The van der Waals surface area contributed by atoms with Crippen LogP contribution in [-0.4, -0.2) is 48.8 Å². The lowest BCUT2D eigenvalue weighted by Crippen LogP contribution is -2.21. The van der Waals surface area contributed by atoms with E-state index in [1.165, 1.54) is 0 Å². The molecule has 0 aliphatic rings. The van der Waals surface area contributed by atoms with Gasteiger partial charge in [-0.05, 0) is 38.1 Å². The fourth-order valence-corrected chi connectivity index (χ4v) is 2.46. The number of para-hydroxylation sites is 1. The summed E-state index contributed by atoms with van der Waals surface area (Å²) in [6.07, 6.45) is 3.30. The van der Waals surface area contributed by atoms with Crippen molar-refractivity contribution in [3.63, 3.8) is 0 Å². The number of aromatic hydroxyl groups is 2. The molecule has 0 saturated heterocycles. The highest BCUT2D eigenvalue weighted by Gasteiger charge is 2.05. The SMILES string of the molecule is CCN(CC)c1ccc(C=NCCN=Cc2ccccc2O)c(O)c1. The third-order valence-electron chi connectivity index (χ3n) is 3.90. The first-order valence-electron chi connectivity index (χ1n) is 8.51. The van der Waals surface area contributed by atoms with Crippen molar-refractivity contribution < 1.29 is 10.2 Å². The van der Waals surface area contributed by atoms with E-state index in [4.69, 9.17) is 0 Å². The van der Waals surface area contributed by atoms with Crippen LogP contribution in [0.3, 0.4) is 0 Å². The Labute approximate surface area is 149 Å². The van der Waals surface area contributed by atoms with Gasteiger partial charge in [0.2, 0.25) is 0 Å². The highest BCUT2D eigenvalue weighted by molar-refractivity contribution is 5.85. The highest BCUT2D eigenvalue weighted by atomic mass is 16.3. The van der Waals surface area contributed by atoms with Gasteiger partial charge in [0.15, 0.2) is 0 Å². The predicted molar refractivity (Wildman–Crippen MR) is 105 cm³/mol. The first-order chi connectivity index (χ1) is 12.2. The zero-order valence-electron chi connectivity index (χ0n) is 14.8. The van der Waals surface area contributed by atoms with Crippen LogP contribution in [0.25, 0.3) is 0 Å². The van der Waals surface area contributed by atoms with Gasteiger partial charge >= 0.3 is 0 Å². The van der Waals surface area contributed by atoms with Crippen molar-refractivity contribution in [3.05, 3.63) is 53.6 Å². The molecule has 0 heterocycles. The summed E-state index contributed by atoms with van der Waals surface area (Å²) in [4.78, 5) is 10.7. The molecule has 0 aliphatic carbocycles. The molecular weight excluding hydrogens is 314 g/mol. The summed E-state index contributed by atoms with van der Waals surface area (Å²) in [5, 5.41) is 19.8. The molecule has 2 N–H and O–H groups in total. The number of hydrogen-bond donors (Lipinski definition) is 2. The minimum atomic E-state index is 0.216. The summed E-state index contributed by atoms with van der Waals surface area (Å²) < 4.78 is 0. The molecule has 2 aromatic rings. The number of rotatable bonds is 8. The normalized spacial score (nSPS) is 11.4. The maximum Gasteiger partial charge on any atom is 0.126 e. The highest BCUT2D eigenvalue weighted by Crippen LogP contribution is 2.23. The van der Waals surface area contributed by atoms with Gasteiger partial charge in [-0.2, -0.15) is 0 Å². The Kier molecular flexibility index (Phi) is 7.01. The number of hydrogen-bond acceptors (Lipinski definition) is 5. The van der Waals surface area contributed by atoms with Crippen molar-refractivity contribution in [1.29, 1.82) is 0 Å². The largest absolute Gasteiger partial charge is 0.507 e. The molecule has 25 heavy (non-hydrogen) atoms.